The second kappa shape index (κ2) is 11.9. The first-order chi connectivity index (χ1) is 15.6. The first-order valence-corrected chi connectivity index (χ1v) is 11.1. The molecule has 0 fully saturated rings. The maximum Gasteiger partial charge on any atom is 0.175 e. The zero-order valence-electron chi connectivity index (χ0n) is 18.0. The van der Waals surface area contributed by atoms with Crippen molar-refractivity contribution in [3.05, 3.63) is 72.8 Å². The van der Waals surface area contributed by atoms with Crippen LogP contribution in [0, 0.1) is 0 Å². The van der Waals surface area contributed by atoms with Gasteiger partial charge >= 0.3 is 0 Å². The summed E-state index contributed by atoms with van der Waals surface area (Å²) in [5, 5.41) is 13.6. The van der Waals surface area contributed by atoms with Gasteiger partial charge in [0.15, 0.2) is 10.2 Å². The summed E-state index contributed by atoms with van der Waals surface area (Å²) in [5.74, 6) is 1.66. The number of thiocarbonyl (C=S) groups is 2. The van der Waals surface area contributed by atoms with Crippen molar-refractivity contribution in [2.24, 2.45) is 0 Å². The molecule has 8 heteroatoms. The summed E-state index contributed by atoms with van der Waals surface area (Å²) in [7, 11) is 0. The fourth-order valence-electron chi connectivity index (χ4n) is 2.83. The minimum atomic E-state index is 0.502. The third-order valence-corrected chi connectivity index (χ3v) is 4.66. The molecular weight excluding hydrogens is 440 g/mol. The highest BCUT2D eigenvalue weighted by atomic mass is 32.1. The molecule has 0 aliphatic rings. The number of benzene rings is 3. The lowest BCUT2D eigenvalue weighted by Gasteiger charge is -2.13. The monoisotopic (exact) mass is 466 g/mol. The van der Waals surface area contributed by atoms with E-state index in [1.54, 1.807) is 0 Å². The van der Waals surface area contributed by atoms with Crippen LogP contribution in [0.15, 0.2) is 72.8 Å². The Kier molecular flexibility index (Phi) is 8.65. The van der Waals surface area contributed by atoms with E-state index in [0.717, 1.165) is 34.2 Å². The van der Waals surface area contributed by atoms with Gasteiger partial charge < -0.3 is 30.7 Å². The average molecular weight is 467 g/mol. The molecule has 0 heterocycles. The third kappa shape index (κ3) is 7.40. The van der Waals surface area contributed by atoms with E-state index >= 15 is 0 Å². The first-order valence-electron chi connectivity index (χ1n) is 10.3. The van der Waals surface area contributed by atoms with Crippen LogP contribution in [0.5, 0.6) is 11.5 Å². The number of nitrogens with one attached hydrogen (secondary N) is 4. The molecule has 0 bridgehead atoms. The van der Waals surface area contributed by atoms with E-state index in [4.69, 9.17) is 33.9 Å². The highest BCUT2D eigenvalue weighted by Gasteiger charge is 2.03. The van der Waals surface area contributed by atoms with Crippen LogP contribution < -0.4 is 30.7 Å². The first kappa shape index (κ1) is 23.3. The predicted octanol–water partition coefficient (Wildman–Crippen LogP) is 6.10. The molecule has 32 heavy (non-hydrogen) atoms. The number of rotatable bonds is 8. The highest BCUT2D eigenvalue weighted by Crippen LogP contribution is 2.19. The van der Waals surface area contributed by atoms with E-state index in [1.807, 2.05) is 86.6 Å². The second-order valence-corrected chi connectivity index (χ2v) is 7.47. The zero-order valence-corrected chi connectivity index (χ0v) is 19.6. The van der Waals surface area contributed by atoms with Crippen molar-refractivity contribution >= 4 is 57.4 Å². The summed E-state index contributed by atoms with van der Waals surface area (Å²) in [6.07, 6.45) is 0. The minimum absolute atomic E-state index is 0.502. The van der Waals surface area contributed by atoms with Crippen LogP contribution in [-0.4, -0.2) is 23.4 Å². The van der Waals surface area contributed by atoms with Crippen molar-refractivity contribution in [2.75, 3.05) is 34.5 Å². The van der Waals surface area contributed by atoms with Gasteiger partial charge in [-0.15, -0.1) is 0 Å². The lowest BCUT2D eigenvalue weighted by Crippen LogP contribution is -2.20. The molecule has 0 aliphatic carbocycles. The van der Waals surface area contributed by atoms with Gasteiger partial charge in [0.1, 0.15) is 11.5 Å². The van der Waals surface area contributed by atoms with Crippen molar-refractivity contribution in [1.82, 2.24) is 0 Å². The smallest absolute Gasteiger partial charge is 0.175 e. The van der Waals surface area contributed by atoms with Crippen LogP contribution in [0.25, 0.3) is 0 Å². The largest absolute Gasteiger partial charge is 0.494 e. The lowest BCUT2D eigenvalue weighted by atomic mass is 10.3. The Morgan fingerprint density at radius 1 is 0.531 bits per heavy atom. The molecule has 0 spiro atoms. The standard InChI is InChI=1S/C24H26N4O2S2/c1-3-29-21-13-9-19(10-14-21)27-23(31)25-17-5-7-18(8-6-17)26-24(32)28-20-11-15-22(16-12-20)30-4-2/h5-16H,3-4H2,1-2H3,(H2,25,27,31)(H2,26,28,32). The van der Waals surface area contributed by atoms with E-state index in [9.17, 15) is 0 Å². The average Bonchev–Trinajstić information content (AvgIpc) is 2.78. The summed E-state index contributed by atoms with van der Waals surface area (Å²) < 4.78 is 10.9. The summed E-state index contributed by atoms with van der Waals surface area (Å²) in [6.45, 7) is 5.19. The molecule has 6 nitrogen and oxygen atoms in total. The molecule has 0 amide bonds. The summed E-state index contributed by atoms with van der Waals surface area (Å²) >= 11 is 10.8. The van der Waals surface area contributed by atoms with Crippen LogP contribution in [-0.2, 0) is 0 Å². The van der Waals surface area contributed by atoms with E-state index in [0.29, 0.717) is 23.4 Å². The van der Waals surface area contributed by atoms with Gasteiger partial charge in [-0.25, -0.2) is 0 Å². The van der Waals surface area contributed by atoms with E-state index in [1.165, 1.54) is 0 Å². The minimum Gasteiger partial charge on any atom is -0.494 e. The lowest BCUT2D eigenvalue weighted by molar-refractivity contribution is 0.340. The molecule has 0 saturated heterocycles. The van der Waals surface area contributed by atoms with E-state index in [-0.39, 0.29) is 0 Å². The molecule has 0 aromatic heterocycles. The number of hydrogen-bond donors (Lipinski definition) is 4. The Labute approximate surface area is 199 Å². The molecule has 3 aromatic rings. The number of hydrogen-bond acceptors (Lipinski definition) is 4. The van der Waals surface area contributed by atoms with Gasteiger partial charge in [0.25, 0.3) is 0 Å². The van der Waals surface area contributed by atoms with E-state index in [2.05, 4.69) is 21.3 Å². The molecule has 4 N–H and O–H groups in total. The molecular formula is C24H26N4O2S2. The highest BCUT2D eigenvalue weighted by molar-refractivity contribution is 7.81. The quantitative estimate of drug-likeness (QED) is 0.297. The van der Waals surface area contributed by atoms with Crippen molar-refractivity contribution in [2.45, 2.75) is 13.8 Å². The fraction of sp³-hybridized carbons (Fsp3) is 0.167. The van der Waals surface area contributed by atoms with Crippen molar-refractivity contribution in [3.63, 3.8) is 0 Å². The van der Waals surface area contributed by atoms with Gasteiger partial charge in [0, 0.05) is 22.7 Å². The van der Waals surface area contributed by atoms with Gasteiger partial charge in [0.05, 0.1) is 13.2 Å². The maximum absolute atomic E-state index is 5.45. The van der Waals surface area contributed by atoms with Crippen LogP contribution in [0.4, 0.5) is 22.7 Å². The van der Waals surface area contributed by atoms with Gasteiger partial charge in [-0.2, -0.15) is 0 Å². The molecule has 166 valence electrons. The molecule has 3 rings (SSSR count). The third-order valence-electron chi connectivity index (χ3n) is 4.25. The van der Waals surface area contributed by atoms with E-state index < -0.39 is 0 Å². The fourth-order valence-corrected chi connectivity index (χ4v) is 3.30. The number of ether oxygens (including phenoxy) is 2. The summed E-state index contributed by atoms with van der Waals surface area (Å²) in [6, 6.07) is 23.0. The Morgan fingerprint density at radius 3 is 1.03 bits per heavy atom. The van der Waals surface area contributed by atoms with Crippen molar-refractivity contribution in [3.8, 4) is 11.5 Å². The Bertz CT molecular complexity index is 939. The summed E-state index contributed by atoms with van der Waals surface area (Å²) in [4.78, 5) is 0. The SMILES string of the molecule is CCOc1ccc(NC(=S)Nc2ccc(NC(=S)Nc3ccc(OCC)cc3)cc2)cc1. The molecule has 3 aromatic carbocycles. The molecule has 0 radical (unpaired) electrons. The zero-order chi connectivity index (χ0) is 22.8. The van der Waals surface area contributed by atoms with Crippen LogP contribution >= 0.6 is 24.4 Å². The molecule has 0 atom stereocenters. The number of anilines is 4. The van der Waals surface area contributed by atoms with Gasteiger partial charge in [0.2, 0.25) is 0 Å². The Balaban J connectivity index is 1.47. The van der Waals surface area contributed by atoms with Crippen LogP contribution in [0.2, 0.25) is 0 Å². The van der Waals surface area contributed by atoms with Gasteiger partial charge in [-0.05, 0) is 111 Å². The van der Waals surface area contributed by atoms with Gasteiger partial charge in [-0.3, -0.25) is 0 Å². The Morgan fingerprint density at radius 2 is 0.781 bits per heavy atom. The van der Waals surface area contributed by atoms with Crippen molar-refractivity contribution < 1.29 is 9.47 Å². The van der Waals surface area contributed by atoms with Crippen LogP contribution in [0.3, 0.4) is 0 Å². The molecule has 0 aliphatic heterocycles. The molecule has 0 saturated carbocycles. The summed E-state index contributed by atoms with van der Waals surface area (Å²) in [5.41, 5.74) is 3.50. The topological polar surface area (TPSA) is 66.6 Å². The van der Waals surface area contributed by atoms with Gasteiger partial charge in [-0.1, -0.05) is 0 Å². The van der Waals surface area contributed by atoms with Crippen LogP contribution in [0.1, 0.15) is 13.8 Å². The Hall–Kier alpha value is -3.36. The normalized spacial score (nSPS) is 10.1. The van der Waals surface area contributed by atoms with Crippen molar-refractivity contribution in [1.29, 1.82) is 0 Å². The second-order valence-electron chi connectivity index (χ2n) is 6.65. The maximum atomic E-state index is 5.45. The predicted molar refractivity (Wildman–Crippen MR) is 141 cm³/mol. The molecule has 0 unspecified atom stereocenters.